The number of aromatic nitrogens is 2. The van der Waals surface area contributed by atoms with Gasteiger partial charge >= 0.3 is 5.97 Å². The molecule has 0 spiro atoms. The summed E-state index contributed by atoms with van der Waals surface area (Å²) in [7, 11) is 0. The van der Waals surface area contributed by atoms with Crippen LogP contribution < -0.4 is 0 Å². The fourth-order valence-corrected chi connectivity index (χ4v) is 3.75. The van der Waals surface area contributed by atoms with E-state index >= 15 is 0 Å². The minimum absolute atomic E-state index is 0.227. The van der Waals surface area contributed by atoms with Crippen LogP contribution in [0.25, 0.3) is 0 Å². The number of rotatable bonds is 6. The van der Waals surface area contributed by atoms with E-state index in [0.717, 1.165) is 12.1 Å². The summed E-state index contributed by atoms with van der Waals surface area (Å²) in [6, 6.07) is 20.1. The van der Waals surface area contributed by atoms with E-state index in [1.165, 1.54) is 5.56 Å². The first-order valence-electron chi connectivity index (χ1n) is 9.52. The topological polar surface area (TPSA) is 79.5 Å². The van der Waals surface area contributed by atoms with Crippen molar-refractivity contribution in [2.45, 2.75) is 31.2 Å². The second-order valence-corrected chi connectivity index (χ2v) is 7.33. The number of aliphatic carboxylic acids is 1. The summed E-state index contributed by atoms with van der Waals surface area (Å²) in [6.07, 6.45) is 1.45. The smallest absolute Gasteiger partial charge is 0.319 e. The van der Waals surface area contributed by atoms with E-state index < -0.39 is 11.4 Å². The molecule has 4 rings (SSSR count). The van der Waals surface area contributed by atoms with E-state index in [9.17, 15) is 9.90 Å². The van der Waals surface area contributed by atoms with Crippen LogP contribution in [0.3, 0.4) is 0 Å². The Morgan fingerprint density at radius 3 is 2.21 bits per heavy atom. The predicted octanol–water partition coefficient (Wildman–Crippen LogP) is 3.28. The van der Waals surface area contributed by atoms with Gasteiger partial charge in [0.05, 0.1) is 0 Å². The summed E-state index contributed by atoms with van der Waals surface area (Å²) in [6.45, 7) is 2.18. The second-order valence-electron chi connectivity index (χ2n) is 7.33. The highest BCUT2D eigenvalue weighted by atomic mass is 16.5. The Hall–Kier alpha value is -2.99. The third-order valence-corrected chi connectivity index (χ3v) is 5.45. The van der Waals surface area contributed by atoms with Gasteiger partial charge < -0.3 is 9.63 Å². The first kappa shape index (κ1) is 18.4. The highest BCUT2D eigenvalue weighted by Gasteiger charge is 2.48. The molecule has 6 heteroatoms. The second kappa shape index (κ2) is 7.94. The molecule has 6 nitrogen and oxygen atoms in total. The van der Waals surface area contributed by atoms with Crippen molar-refractivity contribution in [2.75, 3.05) is 13.1 Å². The van der Waals surface area contributed by atoms with Crippen LogP contribution >= 0.6 is 0 Å². The summed E-state index contributed by atoms with van der Waals surface area (Å²) in [5, 5.41) is 14.0. The van der Waals surface area contributed by atoms with E-state index in [-0.39, 0.29) is 5.89 Å². The fourth-order valence-electron chi connectivity index (χ4n) is 3.75. The Morgan fingerprint density at radius 1 is 1.00 bits per heavy atom. The van der Waals surface area contributed by atoms with Crippen molar-refractivity contribution >= 4 is 5.97 Å². The van der Waals surface area contributed by atoms with Crippen LogP contribution in [0.2, 0.25) is 0 Å². The van der Waals surface area contributed by atoms with Crippen molar-refractivity contribution in [2.24, 2.45) is 0 Å². The zero-order valence-corrected chi connectivity index (χ0v) is 15.6. The number of likely N-dealkylation sites (tertiary alicyclic amines) is 1. The molecule has 0 bridgehead atoms. The minimum Gasteiger partial charge on any atom is -0.480 e. The van der Waals surface area contributed by atoms with Crippen molar-refractivity contribution < 1.29 is 14.4 Å². The molecule has 0 aliphatic carbocycles. The van der Waals surface area contributed by atoms with Crippen molar-refractivity contribution in [3.05, 3.63) is 83.5 Å². The molecule has 28 heavy (non-hydrogen) atoms. The highest BCUT2D eigenvalue weighted by Crippen LogP contribution is 2.35. The Balaban J connectivity index is 1.47. The van der Waals surface area contributed by atoms with E-state index in [4.69, 9.17) is 4.52 Å². The van der Waals surface area contributed by atoms with E-state index in [2.05, 4.69) is 27.2 Å². The Kier molecular flexibility index (Phi) is 5.21. The lowest BCUT2D eigenvalue weighted by molar-refractivity contribution is -0.147. The molecule has 1 aliphatic heterocycles. The molecule has 0 radical (unpaired) electrons. The van der Waals surface area contributed by atoms with Gasteiger partial charge in [-0.2, -0.15) is 4.98 Å². The molecule has 2 heterocycles. The Labute approximate surface area is 163 Å². The van der Waals surface area contributed by atoms with Crippen molar-refractivity contribution in [1.29, 1.82) is 0 Å². The number of carbonyl (C=O) groups is 1. The lowest BCUT2D eigenvalue weighted by Gasteiger charge is -2.36. The lowest BCUT2D eigenvalue weighted by atomic mass is 9.78. The minimum atomic E-state index is -1.10. The van der Waals surface area contributed by atoms with Gasteiger partial charge in [-0.3, -0.25) is 9.69 Å². The lowest BCUT2D eigenvalue weighted by Crippen LogP contribution is -2.47. The Bertz CT molecular complexity index is 916. The van der Waals surface area contributed by atoms with E-state index in [1.807, 2.05) is 48.5 Å². The molecule has 0 saturated carbocycles. The van der Waals surface area contributed by atoms with Crippen LogP contribution in [0.4, 0.5) is 0 Å². The predicted molar refractivity (Wildman–Crippen MR) is 104 cm³/mol. The van der Waals surface area contributed by atoms with Gasteiger partial charge in [0.2, 0.25) is 5.89 Å². The number of benzene rings is 2. The van der Waals surface area contributed by atoms with Crippen LogP contribution in [0, 0.1) is 0 Å². The van der Waals surface area contributed by atoms with Crippen molar-refractivity contribution in [3.63, 3.8) is 0 Å². The van der Waals surface area contributed by atoms with E-state index in [0.29, 0.717) is 38.2 Å². The van der Waals surface area contributed by atoms with Crippen LogP contribution in [-0.2, 0) is 23.2 Å². The zero-order valence-electron chi connectivity index (χ0n) is 15.6. The van der Waals surface area contributed by atoms with E-state index in [1.54, 1.807) is 0 Å². The van der Waals surface area contributed by atoms with Crippen LogP contribution in [0.15, 0.2) is 65.2 Å². The summed E-state index contributed by atoms with van der Waals surface area (Å²) < 4.78 is 5.43. The number of hydrogen-bond acceptors (Lipinski definition) is 5. The molecule has 1 N–H and O–H groups in total. The molecule has 3 aromatic rings. The van der Waals surface area contributed by atoms with Gasteiger partial charge in [-0.25, -0.2) is 0 Å². The number of carboxylic acid groups (broad SMARTS) is 1. The van der Waals surface area contributed by atoms with Crippen LogP contribution in [-0.4, -0.2) is 39.2 Å². The third-order valence-electron chi connectivity index (χ3n) is 5.45. The molecule has 1 saturated heterocycles. The van der Waals surface area contributed by atoms with Gasteiger partial charge in [0.25, 0.3) is 0 Å². The normalized spacial score (nSPS) is 16.7. The molecule has 1 aromatic heterocycles. The molecule has 1 aliphatic rings. The monoisotopic (exact) mass is 377 g/mol. The first-order valence-corrected chi connectivity index (χ1v) is 9.52. The molecule has 144 valence electrons. The van der Waals surface area contributed by atoms with Gasteiger partial charge in [0.15, 0.2) is 5.82 Å². The highest BCUT2D eigenvalue weighted by molar-refractivity contribution is 5.80. The average Bonchev–Trinajstić information content (AvgIpc) is 3.19. The summed E-state index contributed by atoms with van der Waals surface area (Å²) in [5.74, 6) is -0.138. The van der Waals surface area contributed by atoms with Gasteiger partial charge in [-0.05, 0) is 24.0 Å². The SMILES string of the molecule is O=C(O)C1(c2nc(Cc3ccccc3)no2)CCN(Cc2ccccc2)CC1. The first-order chi connectivity index (χ1) is 13.7. The maximum Gasteiger partial charge on any atom is 0.319 e. The number of nitrogens with zero attached hydrogens (tertiary/aromatic N) is 3. The van der Waals surface area contributed by atoms with Gasteiger partial charge in [0.1, 0.15) is 5.41 Å². The number of piperidine rings is 1. The maximum atomic E-state index is 12.2. The van der Waals surface area contributed by atoms with Crippen molar-refractivity contribution in [1.82, 2.24) is 15.0 Å². The molecular weight excluding hydrogens is 354 g/mol. The summed E-state index contributed by atoms with van der Waals surface area (Å²) in [4.78, 5) is 18.9. The van der Waals surface area contributed by atoms with Crippen LogP contribution in [0.1, 0.15) is 35.7 Å². The molecule has 0 unspecified atom stereocenters. The fraction of sp³-hybridized carbons (Fsp3) is 0.318. The summed E-state index contributed by atoms with van der Waals surface area (Å²) in [5.41, 5.74) is 1.19. The average molecular weight is 377 g/mol. The van der Waals surface area contributed by atoms with Gasteiger partial charge in [0, 0.05) is 26.1 Å². The van der Waals surface area contributed by atoms with Gasteiger partial charge in [-0.15, -0.1) is 0 Å². The number of carboxylic acids is 1. The summed E-state index contributed by atoms with van der Waals surface area (Å²) >= 11 is 0. The number of hydrogen-bond donors (Lipinski definition) is 1. The zero-order chi connectivity index (χ0) is 19.4. The van der Waals surface area contributed by atoms with Crippen LogP contribution in [0.5, 0.6) is 0 Å². The van der Waals surface area contributed by atoms with Gasteiger partial charge in [-0.1, -0.05) is 65.8 Å². The largest absolute Gasteiger partial charge is 0.480 e. The quantitative estimate of drug-likeness (QED) is 0.710. The molecule has 0 amide bonds. The standard InChI is InChI=1S/C22H23N3O3/c26-21(27)22(11-13-25(14-12-22)16-18-9-5-2-6-10-18)20-23-19(24-28-20)15-17-7-3-1-4-8-17/h1-10H,11-16H2,(H,26,27). The molecule has 1 fully saturated rings. The molecular formula is C22H23N3O3. The van der Waals surface area contributed by atoms with Crippen molar-refractivity contribution in [3.8, 4) is 0 Å². The molecule has 2 aromatic carbocycles. The Morgan fingerprint density at radius 2 is 1.61 bits per heavy atom. The third kappa shape index (κ3) is 3.82. The maximum absolute atomic E-state index is 12.2. The molecule has 0 atom stereocenters.